The standard InChI is InChI=1S/C20H12BrN5/c1-12-25-19-11-24-18-5-3-15(21)9-17(18)20(19)26(12)16-4-2-13(6-7-22)14(8-16)10-23/h2-5,8-9,11H,6H2,1H3. The van der Waals surface area contributed by atoms with Crippen LogP contribution in [0.2, 0.25) is 0 Å². The summed E-state index contributed by atoms with van der Waals surface area (Å²) in [6.45, 7) is 1.93. The Morgan fingerprint density at radius 1 is 1.12 bits per heavy atom. The number of imidazole rings is 1. The minimum Gasteiger partial charge on any atom is -0.296 e. The number of nitrogens with zero attached hydrogens (tertiary/aromatic N) is 5. The third-order valence-electron chi connectivity index (χ3n) is 4.35. The van der Waals surface area contributed by atoms with Crippen molar-refractivity contribution in [2.45, 2.75) is 13.3 Å². The van der Waals surface area contributed by atoms with Gasteiger partial charge in [-0.05, 0) is 42.8 Å². The molecular weight excluding hydrogens is 390 g/mol. The Morgan fingerprint density at radius 2 is 1.96 bits per heavy atom. The van der Waals surface area contributed by atoms with Gasteiger partial charge in [-0.1, -0.05) is 22.0 Å². The molecule has 5 nitrogen and oxygen atoms in total. The van der Waals surface area contributed by atoms with Crippen LogP contribution in [0.1, 0.15) is 17.0 Å². The van der Waals surface area contributed by atoms with Crippen molar-refractivity contribution in [3.8, 4) is 17.8 Å². The highest BCUT2D eigenvalue weighted by Crippen LogP contribution is 2.30. The maximum atomic E-state index is 9.46. The van der Waals surface area contributed by atoms with E-state index in [9.17, 15) is 5.26 Å². The van der Waals surface area contributed by atoms with Crippen LogP contribution in [0.15, 0.2) is 47.1 Å². The van der Waals surface area contributed by atoms with Crippen LogP contribution in [0, 0.1) is 29.6 Å². The molecule has 0 aliphatic carbocycles. The zero-order valence-electron chi connectivity index (χ0n) is 13.9. The second-order valence-corrected chi connectivity index (χ2v) is 6.85. The van der Waals surface area contributed by atoms with Gasteiger partial charge in [0.2, 0.25) is 0 Å². The van der Waals surface area contributed by atoms with Crippen molar-refractivity contribution >= 4 is 37.9 Å². The molecule has 0 fully saturated rings. The average Bonchev–Trinajstić information content (AvgIpc) is 2.98. The molecule has 0 spiro atoms. The molecule has 4 aromatic rings. The summed E-state index contributed by atoms with van der Waals surface area (Å²) < 4.78 is 3.00. The lowest BCUT2D eigenvalue weighted by Gasteiger charge is -2.10. The van der Waals surface area contributed by atoms with Gasteiger partial charge in [-0.3, -0.25) is 9.55 Å². The van der Waals surface area contributed by atoms with Crippen molar-refractivity contribution < 1.29 is 0 Å². The van der Waals surface area contributed by atoms with Gasteiger partial charge in [-0.25, -0.2) is 4.98 Å². The number of hydrogen-bond donors (Lipinski definition) is 0. The zero-order chi connectivity index (χ0) is 18.3. The highest BCUT2D eigenvalue weighted by Gasteiger charge is 2.15. The fourth-order valence-corrected chi connectivity index (χ4v) is 3.57. The molecule has 0 aliphatic heterocycles. The lowest BCUT2D eigenvalue weighted by atomic mass is 10.0. The molecule has 0 N–H and O–H groups in total. The summed E-state index contributed by atoms with van der Waals surface area (Å²) in [7, 11) is 0. The molecule has 0 amide bonds. The van der Waals surface area contributed by atoms with E-state index in [1.54, 1.807) is 6.20 Å². The monoisotopic (exact) mass is 401 g/mol. The van der Waals surface area contributed by atoms with Gasteiger partial charge in [0, 0.05) is 15.5 Å². The fraction of sp³-hybridized carbons (Fsp3) is 0.100. The molecule has 124 valence electrons. The molecule has 4 rings (SSSR count). The van der Waals surface area contributed by atoms with E-state index in [2.05, 4.69) is 38.0 Å². The van der Waals surface area contributed by atoms with Gasteiger partial charge in [-0.15, -0.1) is 0 Å². The van der Waals surface area contributed by atoms with E-state index in [0.717, 1.165) is 43.5 Å². The van der Waals surface area contributed by atoms with Crippen molar-refractivity contribution in [3.05, 3.63) is 64.0 Å². The van der Waals surface area contributed by atoms with Crippen LogP contribution >= 0.6 is 15.9 Å². The zero-order valence-corrected chi connectivity index (χ0v) is 15.4. The smallest absolute Gasteiger partial charge is 0.111 e. The second kappa shape index (κ2) is 6.25. The van der Waals surface area contributed by atoms with E-state index in [0.29, 0.717) is 5.56 Å². The summed E-state index contributed by atoms with van der Waals surface area (Å²) in [5.74, 6) is 0.811. The maximum Gasteiger partial charge on any atom is 0.111 e. The number of benzene rings is 2. The van der Waals surface area contributed by atoms with Gasteiger partial charge < -0.3 is 0 Å². The minimum absolute atomic E-state index is 0.215. The van der Waals surface area contributed by atoms with E-state index < -0.39 is 0 Å². The predicted molar refractivity (Wildman–Crippen MR) is 103 cm³/mol. The summed E-state index contributed by atoms with van der Waals surface area (Å²) >= 11 is 3.52. The molecule has 2 aromatic carbocycles. The van der Waals surface area contributed by atoms with Crippen molar-refractivity contribution in [1.82, 2.24) is 14.5 Å². The molecule has 2 aromatic heterocycles. The van der Waals surface area contributed by atoms with Gasteiger partial charge in [0.05, 0.1) is 41.4 Å². The Balaban J connectivity index is 2.06. The first kappa shape index (κ1) is 16.3. The number of nitriles is 2. The Hall–Kier alpha value is -3.22. The summed E-state index contributed by atoms with van der Waals surface area (Å²) in [6.07, 6.45) is 1.98. The number of rotatable bonds is 2. The molecule has 0 bridgehead atoms. The largest absolute Gasteiger partial charge is 0.296 e. The first-order valence-corrected chi connectivity index (χ1v) is 8.75. The van der Waals surface area contributed by atoms with Crippen molar-refractivity contribution in [2.24, 2.45) is 0 Å². The average molecular weight is 402 g/mol. The van der Waals surface area contributed by atoms with Crippen LogP contribution < -0.4 is 0 Å². The number of aromatic nitrogens is 3. The molecule has 0 atom stereocenters. The highest BCUT2D eigenvalue weighted by atomic mass is 79.9. The Bertz CT molecular complexity index is 1260. The third-order valence-corrected chi connectivity index (χ3v) is 4.85. The van der Waals surface area contributed by atoms with Gasteiger partial charge >= 0.3 is 0 Å². The third kappa shape index (κ3) is 2.52. The Morgan fingerprint density at radius 3 is 2.73 bits per heavy atom. The molecule has 0 saturated carbocycles. The first-order chi connectivity index (χ1) is 12.6. The number of fused-ring (bicyclic) bond motifs is 3. The van der Waals surface area contributed by atoms with E-state index in [1.807, 2.05) is 47.9 Å². The van der Waals surface area contributed by atoms with Gasteiger partial charge in [-0.2, -0.15) is 10.5 Å². The normalized spacial score (nSPS) is 10.8. The van der Waals surface area contributed by atoms with Crippen molar-refractivity contribution in [3.63, 3.8) is 0 Å². The first-order valence-electron chi connectivity index (χ1n) is 7.96. The summed E-state index contributed by atoms with van der Waals surface area (Å²) in [5.41, 5.74) is 4.71. The van der Waals surface area contributed by atoms with Crippen LogP contribution in [0.25, 0.3) is 27.6 Å². The Kier molecular flexibility index (Phi) is 3.91. The molecule has 6 heteroatoms. The molecule has 2 heterocycles. The lowest BCUT2D eigenvalue weighted by Crippen LogP contribution is -2.00. The highest BCUT2D eigenvalue weighted by molar-refractivity contribution is 9.10. The van der Waals surface area contributed by atoms with Gasteiger partial charge in [0.1, 0.15) is 11.3 Å². The van der Waals surface area contributed by atoms with Gasteiger partial charge in [0.25, 0.3) is 0 Å². The van der Waals surface area contributed by atoms with Crippen LogP contribution in [-0.4, -0.2) is 14.5 Å². The Labute approximate surface area is 158 Å². The van der Waals surface area contributed by atoms with Gasteiger partial charge in [0.15, 0.2) is 0 Å². The maximum absolute atomic E-state index is 9.46. The quantitative estimate of drug-likeness (QED) is 0.492. The van der Waals surface area contributed by atoms with Crippen LogP contribution in [0.4, 0.5) is 0 Å². The van der Waals surface area contributed by atoms with E-state index >= 15 is 0 Å². The number of halogens is 1. The molecule has 26 heavy (non-hydrogen) atoms. The van der Waals surface area contributed by atoms with Crippen molar-refractivity contribution in [1.29, 1.82) is 10.5 Å². The summed E-state index contributed by atoms with van der Waals surface area (Å²) in [4.78, 5) is 9.12. The summed E-state index contributed by atoms with van der Waals surface area (Å²) in [5, 5.41) is 19.4. The minimum atomic E-state index is 0.215. The number of hydrogen-bond acceptors (Lipinski definition) is 4. The number of pyridine rings is 1. The fourth-order valence-electron chi connectivity index (χ4n) is 3.21. The summed E-state index contributed by atoms with van der Waals surface area (Å²) in [6, 6.07) is 15.8. The topological polar surface area (TPSA) is 78.3 Å². The molecule has 0 unspecified atom stereocenters. The van der Waals surface area contributed by atoms with E-state index in [4.69, 9.17) is 5.26 Å². The van der Waals surface area contributed by atoms with Crippen molar-refractivity contribution in [2.75, 3.05) is 0 Å². The molecule has 0 saturated heterocycles. The number of aryl methyl sites for hydroxylation is 1. The van der Waals surface area contributed by atoms with Crippen LogP contribution in [-0.2, 0) is 6.42 Å². The van der Waals surface area contributed by atoms with E-state index in [-0.39, 0.29) is 6.42 Å². The van der Waals surface area contributed by atoms with E-state index in [1.165, 1.54) is 0 Å². The SMILES string of the molecule is Cc1nc2cnc3ccc(Br)cc3c2n1-c1ccc(CC#N)c(C#N)c1. The second-order valence-electron chi connectivity index (χ2n) is 5.94. The van der Waals surface area contributed by atoms with Crippen LogP contribution in [0.5, 0.6) is 0 Å². The molecule has 0 radical (unpaired) electrons. The molecule has 0 aliphatic rings. The molecular formula is C20H12BrN5. The van der Waals surface area contributed by atoms with Crippen LogP contribution in [0.3, 0.4) is 0 Å². The predicted octanol–water partition coefficient (Wildman–Crippen LogP) is 4.58. The lowest BCUT2D eigenvalue weighted by molar-refractivity contribution is 1.000.